The molecule has 0 aromatic carbocycles. The highest BCUT2D eigenvalue weighted by molar-refractivity contribution is 7.13. The van der Waals surface area contributed by atoms with Crippen LogP contribution >= 0.6 is 11.3 Å². The third-order valence-electron chi connectivity index (χ3n) is 2.42. The van der Waals surface area contributed by atoms with Gasteiger partial charge in [-0.05, 0) is 32.9 Å². The second kappa shape index (κ2) is 5.27. The molecule has 0 spiro atoms. The monoisotopic (exact) mass is 261 g/mol. The molecule has 2 aromatic rings. The molecule has 0 bridgehead atoms. The van der Waals surface area contributed by atoms with Gasteiger partial charge in [-0.1, -0.05) is 0 Å². The lowest BCUT2D eigenvalue weighted by molar-refractivity contribution is 0.0943. The number of aromatic nitrogens is 2. The highest BCUT2D eigenvalue weighted by Crippen LogP contribution is 2.25. The Kier molecular flexibility index (Phi) is 3.72. The molecule has 2 rings (SSSR count). The molecule has 0 aliphatic carbocycles. The predicted octanol–water partition coefficient (Wildman–Crippen LogP) is 2.65. The summed E-state index contributed by atoms with van der Waals surface area (Å²) in [5.74, 6) is -0.0733. The lowest BCUT2D eigenvalue weighted by Crippen LogP contribution is -2.30. The molecule has 0 saturated heterocycles. The fourth-order valence-electron chi connectivity index (χ4n) is 1.59. The Morgan fingerprint density at radius 1 is 1.39 bits per heavy atom. The minimum atomic E-state index is -0.0733. The number of nitrogens with zero attached hydrogens (tertiary/aromatic N) is 2. The molecule has 0 aliphatic heterocycles. The molecule has 2 heterocycles. The summed E-state index contributed by atoms with van der Waals surface area (Å²) in [5.41, 5.74) is 4.15. The summed E-state index contributed by atoms with van der Waals surface area (Å²) in [6.45, 7) is 5.81. The molecule has 2 aromatic heterocycles. The number of aryl methyl sites for hydroxylation is 1. The van der Waals surface area contributed by atoms with Gasteiger partial charge in [-0.15, -0.1) is 11.3 Å². The number of pyridine rings is 1. The predicted molar refractivity (Wildman–Crippen MR) is 72.7 cm³/mol. The minimum Gasteiger partial charge on any atom is -0.350 e. The number of rotatable bonds is 3. The average molecular weight is 261 g/mol. The van der Waals surface area contributed by atoms with Gasteiger partial charge >= 0.3 is 0 Å². The van der Waals surface area contributed by atoms with E-state index < -0.39 is 0 Å². The van der Waals surface area contributed by atoms with Crippen molar-refractivity contribution >= 4 is 17.2 Å². The summed E-state index contributed by atoms with van der Waals surface area (Å²) in [6.07, 6.45) is 1.66. The smallest absolute Gasteiger partial charge is 0.251 e. The maximum absolute atomic E-state index is 11.9. The molecular weight excluding hydrogens is 246 g/mol. The summed E-state index contributed by atoms with van der Waals surface area (Å²) in [6, 6.07) is 3.65. The van der Waals surface area contributed by atoms with Gasteiger partial charge in [-0.3, -0.25) is 9.78 Å². The van der Waals surface area contributed by atoms with Crippen molar-refractivity contribution < 1.29 is 4.79 Å². The van der Waals surface area contributed by atoms with Gasteiger partial charge in [0, 0.05) is 17.8 Å². The fourth-order valence-corrected chi connectivity index (χ4v) is 2.36. The Balaban J connectivity index is 2.31. The summed E-state index contributed by atoms with van der Waals surface area (Å²) >= 11 is 1.53. The van der Waals surface area contributed by atoms with E-state index in [0.29, 0.717) is 5.56 Å². The van der Waals surface area contributed by atoms with Gasteiger partial charge in [0.1, 0.15) is 0 Å². The first kappa shape index (κ1) is 12.7. The molecule has 0 fully saturated rings. The number of amides is 1. The molecule has 1 amide bonds. The van der Waals surface area contributed by atoms with Crippen molar-refractivity contribution in [2.24, 2.45) is 0 Å². The van der Waals surface area contributed by atoms with E-state index >= 15 is 0 Å². The second-order valence-corrected chi connectivity index (χ2v) is 5.18. The third-order valence-corrected chi connectivity index (χ3v) is 3.37. The highest BCUT2D eigenvalue weighted by atomic mass is 32.1. The lowest BCUT2D eigenvalue weighted by Gasteiger charge is -2.08. The van der Waals surface area contributed by atoms with Crippen LogP contribution in [0.4, 0.5) is 0 Å². The molecule has 0 unspecified atom stereocenters. The topological polar surface area (TPSA) is 54.9 Å². The number of hydrogen-bond acceptors (Lipinski definition) is 4. The number of nitrogens with one attached hydrogen (secondary N) is 1. The standard InChI is InChI=1S/C13H15N3OS/c1-8(2)16-13(17)10-4-5-14-11(6-10)12-9(3)15-7-18-12/h4-8H,1-3H3,(H,16,17). The Hall–Kier alpha value is -1.75. The zero-order valence-electron chi connectivity index (χ0n) is 10.6. The molecule has 0 saturated carbocycles. The Morgan fingerprint density at radius 2 is 2.17 bits per heavy atom. The molecule has 0 radical (unpaired) electrons. The van der Waals surface area contributed by atoms with Crippen LogP contribution in [0.5, 0.6) is 0 Å². The second-order valence-electron chi connectivity index (χ2n) is 4.32. The first-order valence-electron chi connectivity index (χ1n) is 5.75. The molecule has 94 valence electrons. The van der Waals surface area contributed by atoms with Crippen molar-refractivity contribution in [1.82, 2.24) is 15.3 Å². The first-order chi connectivity index (χ1) is 8.58. The van der Waals surface area contributed by atoms with Crippen molar-refractivity contribution in [1.29, 1.82) is 0 Å². The van der Waals surface area contributed by atoms with Gasteiger partial charge in [0.15, 0.2) is 0 Å². The quantitative estimate of drug-likeness (QED) is 0.924. The highest BCUT2D eigenvalue weighted by Gasteiger charge is 2.11. The number of thiazole rings is 1. The van der Waals surface area contributed by atoms with E-state index in [1.165, 1.54) is 11.3 Å². The summed E-state index contributed by atoms with van der Waals surface area (Å²) < 4.78 is 0. The Morgan fingerprint density at radius 3 is 2.78 bits per heavy atom. The lowest BCUT2D eigenvalue weighted by atomic mass is 10.2. The zero-order chi connectivity index (χ0) is 13.1. The van der Waals surface area contributed by atoms with E-state index in [0.717, 1.165) is 16.3 Å². The van der Waals surface area contributed by atoms with Crippen LogP contribution in [0.15, 0.2) is 23.8 Å². The summed E-state index contributed by atoms with van der Waals surface area (Å²) in [4.78, 5) is 21.4. The Labute approximate surface area is 110 Å². The number of hydrogen-bond donors (Lipinski definition) is 1. The molecule has 18 heavy (non-hydrogen) atoms. The van der Waals surface area contributed by atoms with Crippen molar-refractivity contribution in [3.05, 3.63) is 35.1 Å². The molecule has 5 heteroatoms. The van der Waals surface area contributed by atoms with Crippen LogP contribution in [0.25, 0.3) is 10.6 Å². The van der Waals surface area contributed by atoms with Crippen LogP contribution < -0.4 is 5.32 Å². The van der Waals surface area contributed by atoms with Crippen LogP contribution in [-0.4, -0.2) is 21.9 Å². The van der Waals surface area contributed by atoms with Gasteiger partial charge in [0.05, 0.1) is 21.8 Å². The van der Waals surface area contributed by atoms with Crippen LogP contribution in [-0.2, 0) is 0 Å². The van der Waals surface area contributed by atoms with Crippen molar-refractivity contribution in [3.63, 3.8) is 0 Å². The normalized spacial score (nSPS) is 10.7. The van der Waals surface area contributed by atoms with Gasteiger partial charge in [-0.2, -0.15) is 0 Å². The van der Waals surface area contributed by atoms with Gasteiger partial charge < -0.3 is 5.32 Å². The fraction of sp³-hybridized carbons (Fsp3) is 0.308. The van der Waals surface area contributed by atoms with Gasteiger partial charge in [0.2, 0.25) is 0 Å². The molecule has 4 nitrogen and oxygen atoms in total. The molecule has 1 N–H and O–H groups in total. The largest absolute Gasteiger partial charge is 0.350 e. The third kappa shape index (κ3) is 2.73. The summed E-state index contributed by atoms with van der Waals surface area (Å²) in [7, 11) is 0. The maximum Gasteiger partial charge on any atom is 0.251 e. The van der Waals surface area contributed by atoms with Gasteiger partial charge in [-0.25, -0.2) is 4.98 Å². The van der Waals surface area contributed by atoms with Gasteiger partial charge in [0.25, 0.3) is 5.91 Å². The first-order valence-corrected chi connectivity index (χ1v) is 6.63. The van der Waals surface area contributed by atoms with Crippen LogP contribution in [0.2, 0.25) is 0 Å². The molecule has 0 aliphatic rings. The van der Waals surface area contributed by atoms with Crippen LogP contribution in [0, 0.1) is 6.92 Å². The zero-order valence-corrected chi connectivity index (χ0v) is 11.4. The Bertz CT molecular complexity index is 563. The molecular formula is C13H15N3OS. The van der Waals surface area contributed by atoms with Crippen molar-refractivity contribution in [3.8, 4) is 10.6 Å². The van der Waals surface area contributed by atoms with E-state index in [9.17, 15) is 4.79 Å². The van der Waals surface area contributed by atoms with E-state index in [-0.39, 0.29) is 11.9 Å². The van der Waals surface area contributed by atoms with E-state index in [1.807, 2.05) is 20.8 Å². The number of carbonyl (C=O) groups is 1. The van der Waals surface area contributed by atoms with E-state index in [1.54, 1.807) is 23.8 Å². The average Bonchev–Trinajstić information content (AvgIpc) is 2.75. The van der Waals surface area contributed by atoms with Crippen LogP contribution in [0.1, 0.15) is 29.9 Å². The SMILES string of the molecule is Cc1ncsc1-c1cc(C(=O)NC(C)C)ccn1. The number of carbonyl (C=O) groups excluding carboxylic acids is 1. The van der Waals surface area contributed by atoms with Crippen molar-refractivity contribution in [2.45, 2.75) is 26.8 Å². The van der Waals surface area contributed by atoms with Crippen LogP contribution in [0.3, 0.4) is 0 Å². The molecule has 0 atom stereocenters. The van der Waals surface area contributed by atoms with Crippen molar-refractivity contribution in [2.75, 3.05) is 0 Å². The maximum atomic E-state index is 11.9. The van der Waals surface area contributed by atoms with E-state index in [4.69, 9.17) is 0 Å². The van der Waals surface area contributed by atoms with E-state index in [2.05, 4.69) is 15.3 Å². The summed E-state index contributed by atoms with van der Waals surface area (Å²) in [5, 5.41) is 2.87. The minimum absolute atomic E-state index is 0.0733.